The van der Waals surface area contributed by atoms with E-state index in [1.807, 2.05) is 72.8 Å². The Labute approximate surface area is 184 Å². The van der Waals surface area contributed by atoms with Crippen molar-refractivity contribution in [2.75, 3.05) is 11.9 Å². The number of nitrogens with zero attached hydrogens (tertiary/aromatic N) is 1. The van der Waals surface area contributed by atoms with Gasteiger partial charge in [-0.1, -0.05) is 48.5 Å². The van der Waals surface area contributed by atoms with E-state index in [2.05, 4.69) is 22.5 Å². The van der Waals surface area contributed by atoms with Crippen LogP contribution in [0.2, 0.25) is 0 Å². The first-order valence-corrected chi connectivity index (χ1v) is 9.85. The van der Waals surface area contributed by atoms with E-state index in [0.29, 0.717) is 6.54 Å². The summed E-state index contributed by atoms with van der Waals surface area (Å²) in [6, 6.07) is 23.3. The van der Waals surface area contributed by atoms with E-state index in [1.165, 1.54) is 5.56 Å². The van der Waals surface area contributed by atoms with Crippen LogP contribution in [0.1, 0.15) is 29.8 Å². The van der Waals surface area contributed by atoms with Gasteiger partial charge in [0.05, 0.1) is 12.5 Å². The van der Waals surface area contributed by atoms with Crippen LogP contribution in [0.15, 0.2) is 79.0 Å². The molecular weight excluding hydrogens is 398 g/mol. The molecule has 3 aromatic rings. The fourth-order valence-electron chi connectivity index (χ4n) is 3.13. The molecule has 2 aromatic carbocycles. The minimum Gasteiger partial charge on any atom is -0.387 e. The molecule has 1 amide bonds. The van der Waals surface area contributed by atoms with E-state index in [4.69, 9.17) is 0 Å². The molecule has 0 aliphatic carbocycles. The number of aliphatic hydroxyl groups is 1. The fourth-order valence-corrected chi connectivity index (χ4v) is 3.13. The molecule has 1 aromatic heterocycles. The molecule has 0 aliphatic rings. The van der Waals surface area contributed by atoms with Crippen molar-refractivity contribution in [1.29, 1.82) is 0 Å². The second kappa shape index (κ2) is 12.1. The topological polar surface area (TPSA) is 74.2 Å². The summed E-state index contributed by atoms with van der Waals surface area (Å²) in [6.07, 6.45) is 2.26. The number of benzene rings is 2. The SMILES string of the molecule is CC(Cc1ccc(NC(=O)Cc2ccccn2)cc1)NCC(O)c1ccccc1.Cl. The summed E-state index contributed by atoms with van der Waals surface area (Å²) in [5, 5.41) is 16.5. The van der Waals surface area contributed by atoms with Crippen LogP contribution >= 0.6 is 12.4 Å². The van der Waals surface area contributed by atoms with Gasteiger partial charge in [-0.05, 0) is 48.7 Å². The third kappa shape index (κ3) is 7.59. The van der Waals surface area contributed by atoms with Gasteiger partial charge in [-0.15, -0.1) is 12.4 Å². The van der Waals surface area contributed by atoms with Gasteiger partial charge in [-0.2, -0.15) is 0 Å². The Bertz CT molecular complexity index is 889. The van der Waals surface area contributed by atoms with Crippen LogP contribution in [-0.2, 0) is 17.6 Å². The van der Waals surface area contributed by atoms with Gasteiger partial charge in [0.25, 0.3) is 0 Å². The zero-order chi connectivity index (χ0) is 20.5. The van der Waals surface area contributed by atoms with Crippen molar-refractivity contribution < 1.29 is 9.90 Å². The average Bonchev–Trinajstić information content (AvgIpc) is 2.75. The summed E-state index contributed by atoms with van der Waals surface area (Å²) >= 11 is 0. The second-order valence-corrected chi connectivity index (χ2v) is 7.18. The number of aliphatic hydroxyl groups excluding tert-OH is 1. The maximum Gasteiger partial charge on any atom is 0.230 e. The van der Waals surface area contributed by atoms with Crippen LogP contribution < -0.4 is 10.6 Å². The number of halogens is 1. The number of carbonyl (C=O) groups is 1. The normalized spacial score (nSPS) is 12.5. The van der Waals surface area contributed by atoms with Crippen molar-refractivity contribution in [1.82, 2.24) is 10.3 Å². The highest BCUT2D eigenvalue weighted by Crippen LogP contribution is 2.14. The monoisotopic (exact) mass is 425 g/mol. The fraction of sp³-hybridized carbons (Fsp3) is 0.250. The molecule has 0 bridgehead atoms. The molecule has 6 heteroatoms. The van der Waals surface area contributed by atoms with Crippen molar-refractivity contribution in [2.45, 2.75) is 31.9 Å². The van der Waals surface area contributed by atoms with Gasteiger partial charge in [0, 0.05) is 30.2 Å². The van der Waals surface area contributed by atoms with Crippen molar-refractivity contribution in [3.8, 4) is 0 Å². The highest BCUT2D eigenvalue weighted by molar-refractivity contribution is 5.92. The minimum atomic E-state index is -0.518. The van der Waals surface area contributed by atoms with Gasteiger partial charge >= 0.3 is 0 Å². The Morgan fingerprint density at radius 2 is 1.70 bits per heavy atom. The lowest BCUT2D eigenvalue weighted by atomic mass is 10.1. The van der Waals surface area contributed by atoms with E-state index in [0.717, 1.165) is 23.4 Å². The number of amides is 1. The molecule has 0 fully saturated rings. The Kier molecular flexibility index (Phi) is 9.48. The number of anilines is 1. The zero-order valence-corrected chi connectivity index (χ0v) is 17.8. The van der Waals surface area contributed by atoms with Crippen LogP contribution in [-0.4, -0.2) is 28.6 Å². The number of hydrogen-bond acceptors (Lipinski definition) is 4. The molecule has 2 unspecified atom stereocenters. The van der Waals surface area contributed by atoms with Gasteiger partial charge in [0.15, 0.2) is 0 Å². The average molecular weight is 426 g/mol. The van der Waals surface area contributed by atoms with Gasteiger partial charge in [-0.25, -0.2) is 0 Å². The number of carbonyl (C=O) groups excluding carboxylic acids is 1. The first kappa shape index (κ1) is 23.5. The summed E-state index contributed by atoms with van der Waals surface area (Å²) in [7, 11) is 0. The Hall–Kier alpha value is -2.73. The lowest BCUT2D eigenvalue weighted by Crippen LogP contribution is -2.32. The van der Waals surface area contributed by atoms with Crippen molar-refractivity contribution in [2.24, 2.45) is 0 Å². The summed E-state index contributed by atoms with van der Waals surface area (Å²) in [5.41, 5.74) is 3.61. The largest absolute Gasteiger partial charge is 0.387 e. The Morgan fingerprint density at radius 1 is 1.00 bits per heavy atom. The van der Waals surface area contributed by atoms with Crippen LogP contribution in [0.4, 0.5) is 5.69 Å². The molecular formula is C24H28ClN3O2. The van der Waals surface area contributed by atoms with Crippen LogP contribution in [0, 0.1) is 0 Å². The second-order valence-electron chi connectivity index (χ2n) is 7.18. The molecule has 1 heterocycles. The van der Waals surface area contributed by atoms with Gasteiger partial charge in [0.1, 0.15) is 0 Å². The minimum absolute atomic E-state index is 0. The molecule has 3 N–H and O–H groups in total. The summed E-state index contributed by atoms with van der Waals surface area (Å²) in [4.78, 5) is 16.3. The lowest BCUT2D eigenvalue weighted by Gasteiger charge is -2.18. The third-order valence-electron chi connectivity index (χ3n) is 4.69. The summed E-state index contributed by atoms with van der Waals surface area (Å²) in [6.45, 7) is 2.60. The van der Waals surface area contributed by atoms with Crippen LogP contribution in [0.25, 0.3) is 0 Å². The first-order chi connectivity index (χ1) is 14.1. The zero-order valence-electron chi connectivity index (χ0n) is 17.0. The number of aromatic nitrogens is 1. The number of pyridine rings is 1. The standard InChI is InChI=1S/C24H27N3O2.ClH/c1-18(26-17-23(28)20-7-3-2-4-8-20)15-19-10-12-21(13-11-19)27-24(29)16-22-9-5-6-14-25-22;/h2-14,18,23,26,28H,15-17H2,1H3,(H,27,29);1H. The quantitative estimate of drug-likeness (QED) is 0.485. The van der Waals surface area contributed by atoms with Crippen LogP contribution in [0.5, 0.6) is 0 Å². The summed E-state index contributed by atoms with van der Waals surface area (Å²) in [5.74, 6) is -0.0821. The van der Waals surface area contributed by atoms with E-state index < -0.39 is 6.10 Å². The van der Waals surface area contributed by atoms with E-state index in [1.54, 1.807) is 6.20 Å². The number of hydrogen-bond donors (Lipinski definition) is 3. The molecule has 0 saturated heterocycles. The van der Waals surface area contributed by atoms with Gasteiger partial charge in [0.2, 0.25) is 5.91 Å². The molecule has 158 valence electrons. The van der Waals surface area contributed by atoms with Gasteiger partial charge in [-0.3, -0.25) is 9.78 Å². The van der Waals surface area contributed by atoms with Crippen molar-refractivity contribution >= 4 is 24.0 Å². The maximum absolute atomic E-state index is 12.1. The Morgan fingerprint density at radius 3 is 2.37 bits per heavy atom. The van der Waals surface area contributed by atoms with E-state index in [-0.39, 0.29) is 30.8 Å². The van der Waals surface area contributed by atoms with Crippen molar-refractivity contribution in [3.63, 3.8) is 0 Å². The molecule has 5 nitrogen and oxygen atoms in total. The third-order valence-corrected chi connectivity index (χ3v) is 4.69. The molecule has 2 atom stereocenters. The van der Waals surface area contributed by atoms with Crippen LogP contribution in [0.3, 0.4) is 0 Å². The molecule has 0 radical (unpaired) electrons. The highest BCUT2D eigenvalue weighted by Gasteiger charge is 2.10. The molecule has 0 aliphatic heterocycles. The molecule has 3 rings (SSSR count). The first-order valence-electron chi connectivity index (χ1n) is 9.85. The highest BCUT2D eigenvalue weighted by atomic mass is 35.5. The predicted octanol–water partition coefficient (Wildman–Crippen LogP) is 3.94. The number of rotatable bonds is 9. The lowest BCUT2D eigenvalue weighted by molar-refractivity contribution is -0.115. The smallest absolute Gasteiger partial charge is 0.230 e. The van der Waals surface area contributed by atoms with Crippen molar-refractivity contribution in [3.05, 3.63) is 95.8 Å². The molecule has 0 spiro atoms. The summed E-state index contributed by atoms with van der Waals surface area (Å²) < 4.78 is 0. The Balaban J connectivity index is 0.00000320. The maximum atomic E-state index is 12.1. The van der Waals surface area contributed by atoms with E-state index in [9.17, 15) is 9.90 Å². The number of nitrogens with one attached hydrogen (secondary N) is 2. The van der Waals surface area contributed by atoms with E-state index >= 15 is 0 Å². The molecule has 0 saturated carbocycles. The predicted molar refractivity (Wildman–Crippen MR) is 123 cm³/mol. The molecule has 30 heavy (non-hydrogen) atoms. The van der Waals surface area contributed by atoms with Gasteiger partial charge < -0.3 is 15.7 Å².